The van der Waals surface area contributed by atoms with E-state index in [0.29, 0.717) is 16.1 Å². The second-order valence-electron chi connectivity index (χ2n) is 4.76. The molecule has 0 atom stereocenters. The lowest BCUT2D eigenvalue weighted by Crippen LogP contribution is -2.21. The van der Waals surface area contributed by atoms with Gasteiger partial charge in [0.25, 0.3) is 11.6 Å². The number of nitro groups is 1. The van der Waals surface area contributed by atoms with Crippen LogP contribution in [-0.2, 0) is 9.53 Å². The molecular weight excluding hydrogens is 320 g/mol. The van der Waals surface area contributed by atoms with Gasteiger partial charge in [-0.3, -0.25) is 14.9 Å². The summed E-state index contributed by atoms with van der Waals surface area (Å²) in [6, 6.07) is 6.16. The van der Waals surface area contributed by atoms with Gasteiger partial charge in [-0.1, -0.05) is 6.07 Å². The van der Waals surface area contributed by atoms with E-state index < -0.39 is 23.4 Å². The molecule has 2 aromatic rings. The van der Waals surface area contributed by atoms with Gasteiger partial charge in [-0.2, -0.15) is 0 Å². The number of hydrogen-bond donors (Lipinski definition) is 1. The lowest BCUT2D eigenvalue weighted by molar-refractivity contribution is -0.385. The molecule has 0 aliphatic heterocycles. The highest BCUT2D eigenvalue weighted by molar-refractivity contribution is 7.12. The van der Waals surface area contributed by atoms with Crippen molar-refractivity contribution in [2.75, 3.05) is 11.9 Å². The van der Waals surface area contributed by atoms with Gasteiger partial charge in [-0.05, 0) is 36.9 Å². The molecule has 1 amide bonds. The zero-order valence-electron chi connectivity index (χ0n) is 12.5. The van der Waals surface area contributed by atoms with Crippen LogP contribution < -0.4 is 5.32 Å². The maximum Gasteiger partial charge on any atom is 0.349 e. The van der Waals surface area contributed by atoms with Crippen LogP contribution in [0.4, 0.5) is 11.4 Å². The van der Waals surface area contributed by atoms with Crippen molar-refractivity contribution in [3.63, 3.8) is 0 Å². The number of ether oxygens (including phenoxy) is 1. The molecule has 0 spiro atoms. The molecule has 7 nitrogen and oxygen atoms in total. The lowest BCUT2D eigenvalue weighted by Gasteiger charge is -2.09. The third kappa shape index (κ3) is 3.92. The number of nitro benzene ring substituents is 1. The molecule has 2 rings (SSSR count). The van der Waals surface area contributed by atoms with Crippen molar-refractivity contribution in [1.82, 2.24) is 0 Å². The second kappa shape index (κ2) is 7.01. The molecule has 0 saturated heterocycles. The lowest BCUT2D eigenvalue weighted by atomic mass is 10.1. The normalized spacial score (nSPS) is 10.2. The summed E-state index contributed by atoms with van der Waals surface area (Å²) in [6.45, 7) is 2.85. The zero-order valence-corrected chi connectivity index (χ0v) is 13.3. The van der Waals surface area contributed by atoms with E-state index in [4.69, 9.17) is 4.74 Å². The van der Waals surface area contributed by atoms with Crippen molar-refractivity contribution in [3.8, 4) is 0 Å². The molecule has 0 fully saturated rings. The van der Waals surface area contributed by atoms with E-state index in [1.807, 2.05) is 0 Å². The maximum atomic E-state index is 11.9. The first kappa shape index (κ1) is 16.6. The fourth-order valence-electron chi connectivity index (χ4n) is 1.92. The van der Waals surface area contributed by atoms with Gasteiger partial charge < -0.3 is 10.1 Å². The maximum absolute atomic E-state index is 11.9. The first-order chi connectivity index (χ1) is 10.9. The summed E-state index contributed by atoms with van der Waals surface area (Å²) in [5.41, 5.74) is 1.35. The summed E-state index contributed by atoms with van der Waals surface area (Å²) in [4.78, 5) is 34.5. The molecule has 1 aromatic heterocycles. The van der Waals surface area contributed by atoms with Gasteiger partial charge in [0.15, 0.2) is 6.61 Å². The molecule has 23 heavy (non-hydrogen) atoms. The van der Waals surface area contributed by atoms with Crippen molar-refractivity contribution in [2.45, 2.75) is 13.8 Å². The van der Waals surface area contributed by atoms with Gasteiger partial charge in [-0.15, -0.1) is 11.3 Å². The van der Waals surface area contributed by atoms with Crippen LogP contribution >= 0.6 is 11.3 Å². The molecule has 1 heterocycles. The monoisotopic (exact) mass is 334 g/mol. The molecule has 1 N–H and O–H groups in total. The Kier molecular flexibility index (Phi) is 5.07. The van der Waals surface area contributed by atoms with Crippen LogP contribution in [0.25, 0.3) is 0 Å². The minimum atomic E-state index is -0.566. The molecule has 120 valence electrons. The average molecular weight is 334 g/mol. The van der Waals surface area contributed by atoms with Gasteiger partial charge >= 0.3 is 5.97 Å². The molecule has 0 radical (unpaired) electrons. The van der Waals surface area contributed by atoms with Crippen LogP contribution in [0.15, 0.2) is 29.6 Å². The average Bonchev–Trinajstić information content (AvgIpc) is 2.93. The number of esters is 1. The number of thiophene rings is 1. The van der Waals surface area contributed by atoms with Gasteiger partial charge in [0.1, 0.15) is 4.88 Å². The highest BCUT2D eigenvalue weighted by atomic mass is 32.1. The smallest absolute Gasteiger partial charge is 0.349 e. The Morgan fingerprint density at radius 3 is 2.65 bits per heavy atom. The zero-order chi connectivity index (χ0) is 17.0. The minimum Gasteiger partial charge on any atom is -0.451 e. The Bertz CT molecular complexity index is 769. The van der Waals surface area contributed by atoms with E-state index in [9.17, 15) is 19.7 Å². The third-order valence-corrected chi connectivity index (χ3v) is 4.15. The van der Waals surface area contributed by atoms with Crippen molar-refractivity contribution in [2.24, 2.45) is 0 Å². The van der Waals surface area contributed by atoms with Crippen LogP contribution in [0, 0.1) is 24.0 Å². The second-order valence-corrected chi connectivity index (χ2v) is 5.68. The van der Waals surface area contributed by atoms with E-state index in [1.54, 1.807) is 24.4 Å². The number of hydrogen-bond acceptors (Lipinski definition) is 6. The van der Waals surface area contributed by atoms with Crippen LogP contribution in [-0.4, -0.2) is 23.4 Å². The van der Waals surface area contributed by atoms with E-state index in [-0.39, 0.29) is 5.69 Å². The standard InChI is InChI=1S/C15H14N2O5S/c1-9-6-7-23-14(9)15(19)22-8-13(18)16-11-4-3-5-12(10(11)2)17(20)21/h3-7H,8H2,1-2H3,(H,16,18). The Hall–Kier alpha value is -2.74. The number of carbonyl (C=O) groups excluding carboxylic acids is 2. The number of aryl methyl sites for hydroxylation is 1. The summed E-state index contributed by atoms with van der Waals surface area (Å²) < 4.78 is 4.94. The number of carbonyl (C=O) groups is 2. The highest BCUT2D eigenvalue weighted by Gasteiger charge is 2.17. The Morgan fingerprint density at radius 2 is 2.04 bits per heavy atom. The SMILES string of the molecule is Cc1ccsc1C(=O)OCC(=O)Nc1cccc([N+](=O)[O-])c1C. The largest absolute Gasteiger partial charge is 0.451 e. The fraction of sp³-hybridized carbons (Fsp3) is 0.200. The molecule has 0 aliphatic rings. The van der Waals surface area contributed by atoms with E-state index in [1.165, 1.54) is 30.4 Å². The van der Waals surface area contributed by atoms with Crippen LogP contribution in [0.5, 0.6) is 0 Å². The van der Waals surface area contributed by atoms with Crippen molar-refractivity contribution in [3.05, 3.63) is 55.8 Å². The molecule has 1 aromatic carbocycles. The van der Waals surface area contributed by atoms with Crippen molar-refractivity contribution >= 4 is 34.6 Å². The molecule has 0 saturated carbocycles. The fourth-order valence-corrected chi connectivity index (χ4v) is 2.74. The molecular formula is C15H14N2O5S. The Morgan fingerprint density at radius 1 is 1.30 bits per heavy atom. The minimum absolute atomic E-state index is 0.0889. The van der Waals surface area contributed by atoms with E-state index in [0.717, 1.165) is 5.56 Å². The summed E-state index contributed by atoms with van der Waals surface area (Å²) in [6.07, 6.45) is 0. The first-order valence-corrected chi connectivity index (χ1v) is 7.53. The summed E-state index contributed by atoms with van der Waals surface area (Å²) in [5, 5.41) is 15.1. The summed E-state index contributed by atoms with van der Waals surface area (Å²) in [7, 11) is 0. The number of anilines is 1. The predicted molar refractivity (Wildman–Crippen MR) is 85.8 cm³/mol. The Labute approximate surface area is 136 Å². The molecule has 0 aliphatic carbocycles. The quantitative estimate of drug-likeness (QED) is 0.515. The first-order valence-electron chi connectivity index (χ1n) is 6.65. The number of amides is 1. The van der Waals surface area contributed by atoms with Gasteiger partial charge in [-0.25, -0.2) is 4.79 Å². The van der Waals surface area contributed by atoms with Gasteiger partial charge in [0.2, 0.25) is 0 Å². The number of rotatable bonds is 5. The predicted octanol–water partition coefficient (Wildman–Crippen LogP) is 3.07. The van der Waals surface area contributed by atoms with Crippen molar-refractivity contribution < 1.29 is 19.2 Å². The summed E-state index contributed by atoms with van der Waals surface area (Å²) >= 11 is 1.24. The van der Waals surface area contributed by atoms with Crippen LogP contribution in [0.1, 0.15) is 20.8 Å². The number of nitrogens with one attached hydrogen (secondary N) is 1. The summed E-state index contributed by atoms with van der Waals surface area (Å²) in [5.74, 6) is -1.13. The van der Waals surface area contributed by atoms with E-state index in [2.05, 4.69) is 5.32 Å². The van der Waals surface area contributed by atoms with Gasteiger partial charge in [0.05, 0.1) is 16.2 Å². The highest BCUT2D eigenvalue weighted by Crippen LogP contribution is 2.25. The van der Waals surface area contributed by atoms with Crippen molar-refractivity contribution in [1.29, 1.82) is 0 Å². The van der Waals surface area contributed by atoms with E-state index >= 15 is 0 Å². The molecule has 0 unspecified atom stereocenters. The van der Waals surface area contributed by atoms with Gasteiger partial charge in [0, 0.05) is 6.07 Å². The number of benzene rings is 1. The third-order valence-electron chi connectivity index (χ3n) is 3.16. The number of nitrogens with zero attached hydrogens (tertiary/aromatic N) is 1. The van der Waals surface area contributed by atoms with Crippen LogP contribution in [0.3, 0.4) is 0 Å². The van der Waals surface area contributed by atoms with Crippen LogP contribution in [0.2, 0.25) is 0 Å². The molecule has 0 bridgehead atoms. The topological polar surface area (TPSA) is 98.5 Å². The molecule has 8 heteroatoms. The Balaban J connectivity index is 1.98.